The Morgan fingerprint density at radius 3 is 2.64 bits per heavy atom. The Balaban J connectivity index is 2.30. The molecular weight excluding hydrogens is 190 g/mol. The van der Waals surface area contributed by atoms with Crippen molar-refractivity contribution in [3.8, 4) is 0 Å². The minimum atomic E-state index is 0.355. The minimum Gasteiger partial charge on any atom is -0.326 e. The van der Waals surface area contributed by atoms with E-state index < -0.39 is 0 Å². The minimum absolute atomic E-state index is 0.355. The number of rotatable bonds is 3. The summed E-state index contributed by atoms with van der Waals surface area (Å²) in [5, 5.41) is 0. The van der Waals surface area contributed by atoms with Gasteiger partial charge in [0.25, 0.3) is 0 Å². The van der Waals surface area contributed by atoms with Gasteiger partial charge in [-0.05, 0) is 29.7 Å². The normalized spacial score (nSPS) is 19.0. The smallest absolute Gasteiger partial charge is 0.0178 e. The third kappa shape index (κ3) is 1.57. The molecule has 2 rings (SSSR count). The molecule has 0 heterocycles. The molecule has 0 atom stereocenters. The van der Waals surface area contributed by atoms with E-state index in [-0.39, 0.29) is 0 Å². The van der Waals surface area contributed by atoms with Crippen LogP contribution in [-0.4, -0.2) is 5.75 Å². The fourth-order valence-corrected chi connectivity index (χ4v) is 2.67. The topological polar surface area (TPSA) is 26.0 Å². The summed E-state index contributed by atoms with van der Waals surface area (Å²) in [6.07, 6.45) is 3.91. The molecule has 0 amide bonds. The highest BCUT2D eigenvalue weighted by molar-refractivity contribution is 7.80. The highest BCUT2D eigenvalue weighted by atomic mass is 32.1. The van der Waals surface area contributed by atoms with E-state index in [1.165, 1.54) is 30.4 Å². The molecule has 0 saturated heterocycles. The van der Waals surface area contributed by atoms with E-state index in [2.05, 4.69) is 36.9 Å². The molecule has 2 heteroatoms. The zero-order valence-corrected chi connectivity index (χ0v) is 9.26. The van der Waals surface area contributed by atoms with E-state index in [9.17, 15) is 0 Å². The van der Waals surface area contributed by atoms with Crippen LogP contribution in [0.2, 0.25) is 0 Å². The van der Waals surface area contributed by atoms with Gasteiger partial charge in [0.15, 0.2) is 0 Å². The van der Waals surface area contributed by atoms with Gasteiger partial charge in [-0.3, -0.25) is 0 Å². The number of hydrogen-bond acceptors (Lipinski definition) is 2. The molecule has 2 N–H and O–H groups in total. The molecule has 1 nitrogen and oxygen atoms in total. The summed E-state index contributed by atoms with van der Waals surface area (Å²) in [6.45, 7) is 0.635. The molecule has 1 aromatic rings. The maximum atomic E-state index is 5.64. The highest BCUT2D eigenvalue weighted by Gasteiger charge is 2.37. The standard InChI is InChI=1S/C12H17NS/c13-8-10-3-1-4-11(7-10)12(9-14)5-2-6-12/h1,3-4,7,14H,2,5-6,8-9,13H2. The molecule has 1 fully saturated rings. The molecule has 0 radical (unpaired) electrons. The molecule has 76 valence electrons. The zero-order valence-electron chi connectivity index (χ0n) is 8.37. The largest absolute Gasteiger partial charge is 0.326 e. The van der Waals surface area contributed by atoms with Gasteiger partial charge in [0.1, 0.15) is 0 Å². The van der Waals surface area contributed by atoms with E-state index >= 15 is 0 Å². The Morgan fingerprint density at radius 2 is 2.14 bits per heavy atom. The molecule has 0 bridgehead atoms. The van der Waals surface area contributed by atoms with Crippen molar-refractivity contribution in [2.45, 2.75) is 31.2 Å². The van der Waals surface area contributed by atoms with E-state index in [0.717, 1.165) is 5.75 Å². The van der Waals surface area contributed by atoms with Crippen LogP contribution in [0.5, 0.6) is 0 Å². The summed E-state index contributed by atoms with van der Waals surface area (Å²) in [4.78, 5) is 0. The van der Waals surface area contributed by atoms with Gasteiger partial charge in [0.2, 0.25) is 0 Å². The van der Waals surface area contributed by atoms with Crippen molar-refractivity contribution in [3.63, 3.8) is 0 Å². The summed E-state index contributed by atoms with van der Waals surface area (Å²) in [6, 6.07) is 8.67. The van der Waals surface area contributed by atoms with Crippen molar-refractivity contribution in [2.75, 3.05) is 5.75 Å². The molecule has 0 aliphatic heterocycles. The second kappa shape index (κ2) is 3.95. The summed E-state index contributed by atoms with van der Waals surface area (Å²) >= 11 is 4.48. The van der Waals surface area contributed by atoms with Crippen LogP contribution in [0.4, 0.5) is 0 Å². The quantitative estimate of drug-likeness (QED) is 0.732. The molecule has 1 aromatic carbocycles. The maximum absolute atomic E-state index is 5.64. The van der Waals surface area contributed by atoms with Crippen molar-refractivity contribution in [3.05, 3.63) is 35.4 Å². The molecule has 1 aliphatic rings. The average Bonchev–Trinajstić information content (AvgIpc) is 2.18. The summed E-state index contributed by atoms with van der Waals surface area (Å²) < 4.78 is 0. The molecule has 0 aromatic heterocycles. The van der Waals surface area contributed by atoms with Crippen LogP contribution < -0.4 is 5.73 Å². The van der Waals surface area contributed by atoms with Gasteiger partial charge in [-0.15, -0.1) is 0 Å². The van der Waals surface area contributed by atoms with Crippen molar-refractivity contribution >= 4 is 12.6 Å². The zero-order chi connectivity index (χ0) is 10.0. The Labute approximate surface area is 91.1 Å². The number of nitrogens with two attached hydrogens (primary N) is 1. The van der Waals surface area contributed by atoms with Crippen LogP contribution in [0.1, 0.15) is 30.4 Å². The van der Waals surface area contributed by atoms with E-state index in [0.29, 0.717) is 12.0 Å². The van der Waals surface area contributed by atoms with Gasteiger partial charge in [0, 0.05) is 12.0 Å². The Bertz CT molecular complexity index is 312. The van der Waals surface area contributed by atoms with Crippen LogP contribution in [-0.2, 0) is 12.0 Å². The molecule has 1 saturated carbocycles. The average molecular weight is 207 g/mol. The van der Waals surface area contributed by atoms with Crippen molar-refractivity contribution in [2.24, 2.45) is 5.73 Å². The Kier molecular flexibility index (Phi) is 2.84. The van der Waals surface area contributed by atoms with E-state index in [1.54, 1.807) is 0 Å². The maximum Gasteiger partial charge on any atom is 0.0178 e. The predicted octanol–water partition coefficient (Wildman–Crippen LogP) is 2.50. The SMILES string of the molecule is NCc1cccc(C2(CS)CCC2)c1. The Hall–Kier alpha value is -0.470. The first-order valence-electron chi connectivity index (χ1n) is 5.21. The fourth-order valence-electron chi connectivity index (χ4n) is 2.17. The lowest BCUT2D eigenvalue weighted by molar-refractivity contribution is 0.279. The molecule has 0 spiro atoms. The lowest BCUT2D eigenvalue weighted by atomic mass is 9.65. The third-order valence-electron chi connectivity index (χ3n) is 3.39. The van der Waals surface area contributed by atoms with Gasteiger partial charge >= 0.3 is 0 Å². The molecule has 14 heavy (non-hydrogen) atoms. The van der Waals surface area contributed by atoms with Crippen molar-refractivity contribution in [1.29, 1.82) is 0 Å². The van der Waals surface area contributed by atoms with Gasteiger partial charge in [-0.2, -0.15) is 12.6 Å². The number of benzene rings is 1. The fraction of sp³-hybridized carbons (Fsp3) is 0.500. The number of thiol groups is 1. The second-order valence-corrected chi connectivity index (χ2v) is 4.51. The first-order chi connectivity index (χ1) is 6.80. The number of hydrogen-bond donors (Lipinski definition) is 2. The molecule has 1 aliphatic carbocycles. The third-order valence-corrected chi connectivity index (χ3v) is 3.99. The molecular formula is C12H17NS. The van der Waals surface area contributed by atoms with Gasteiger partial charge in [-0.25, -0.2) is 0 Å². The Morgan fingerprint density at radius 1 is 1.36 bits per heavy atom. The first kappa shape index (κ1) is 10.1. The first-order valence-corrected chi connectivity index (χ1v) is 5.84. The van der Waals surface area contributed by atoms with E-state index in [1.807, 2.05) is 0 Å². The lowest BCUT2D eigenvalue weighted by Crippen LogP contribution is -2.36. The van der Waals surface area contributed by atoms with Gasteiger partial charge in [0.05, 0.1) is 0 Å². The van der Waals surface area contributed by atoms with Crippen molar-refractivity contribution < 1.29 is 0 Å². The van der Waals surface area contributed by atoms with Crippen LogP contribution in [0.15, 0.2) is 24.3 Å². The van der Waals surface area contributed by atoms with Crippen molar-refractivity contribution in [1.82, 2.24) is 0 Å². The van der Waals surface area contributed by atoms with Gasteiger partial charge < -0.3 is 5.73 Å². The summed E-state index contributed by atoms with van der Waals surface area (Å²) in [5.41, 5.74) is 8.66. The monoisotopic (exact) mass is 207 g/mol. The van der Waals surface area contributed by atoms with Crippen LogP contribution in [0, 0.1) is 0 Å². The van der Waals surface area contributed by atoms with Crippen LogP contribution in [0.25, 0.3) is 0 Å². The van der Waals surface area contributed by atoms with Crippen LogP contribution in [0.3, 0.4) is 0 Å². The molecule has 0 unspecified atom stereocenters. The van der Waals surface area contributed by atoms with Crippen LogP contribution >= 0.6 is 12.6 Å². The highest BCUT2D eigenvalue weighted by Crippen LogP contribution is 2.44. The lowest BCUT2D eigenvalue weighted by Gasteiger charge is -2.41. The summed E-state index contributed by atoms with van der Waals surface area (Å²) in [7, 11) is 0. The van der Waals surface area contributed by atoms with E-state index in [4.69, 9.17) is 5.73 Å². The summed E-state index contributed by atoms with van der Waals surface area (Å²) in [5.74, 6) is 0.959. The predicted molar refractivity (Wildman–Crippen MR) is 63.7 cm³/mol. The second-order valence-electron chi connectivity index (χ2n) is 4.20. The van der Waals surface area contributed by atoms with Gasteiger partial charge in [-0.1, -0.05) is 30.7 Å².